The monoisotopic (exact) mass is 557 g/mol. The number of hydrogen-bond acceptors (Lipinski definition) is 5. The summed E-state index contributed by atoms with van der Waals surface area (Å²) in [4.78, 5) is 47.6. The van der Waals surface area contributed by atoms with E-state index >= 15 is 0 Å². The van der Waals surface area contributed by atoms with Gasteiger partial charge in [0.25, 0.3) is 5.91 Å². The number of likely N-dealkylation sites (tertiary alicyclic amines) is 1. The normalized spacial score (nSPS) is 29.7. The summed E-state index contributed by atoms with van der Waals surface area (Å²) in [5.74, 6) is -2.43. The summed E-state index contributed by atoms with van der Waals surface area (Å²) in [7, 11) is 1.69. The number of aliphatic hydroxyl groups is 1. The Balaban J connectivity index is 1.90. The second-order valence-electron chi connectivity index (χ2n) is 11.0. The molecular weight excluding hydrogens is 518 g/mol. The lowest BCUT2D eigenvalue weighted by molar-refractivity contribution is -0.153. The summed E-state index contributed by atoms with van der Waals surface area (Å²) in [6, 6.07) is 3.78. The molecule has 1 aromatic rings. The molecule has 6 atom stereocenters. The van der Waals surface area contributed by atoms with Gasteiger partial charge in [-0.05, 0) is 44.2 Å². The molecule has 212 valence electrons. The van der Waals surface area contributed by atoms with Gasteiger partial charge in [0.15, 0.2) is 0 Å². The minimum Gasteiger partial charge on any atom is -0.394 e. The molecule has 0 radical (unpaired) electrons. The molecule has 8 nitrogen and oxygen atoms in total. The fourth-order valence-electron chi connectivity index (χ4n) is 7.17. The lowest BCUT2D eigenvalue weighted by atomic mass is 9.64. The zero-order valence-corrected chi connectivity index (χ0v) is 24.1. The van der Waals surface area contributed by atoms with Crippen molar-refractivity contribution in [3.05, 3.63) is 54.1 Å². The number of aliphatic hydroxyl groups excluding tert-OH is 1. The van der Waals surface area contributed by atoms with E-state index in [1.54, 1.807) is 35.1 Å². The van der Waals surface area contributed by atoms with Crippen LogP contribution in [0.2, 0.25) is 5.02 Å². The minimum atomic E-state index is -1.20. The molecule has 4 rings (SSSR count). The maximum atomic E-state index is 14.7. The van der Waals surface area contributed by atoms with Crippen molar-refractivity contribution >= 4 is 35.0 Å². The SMILES string of the molecule is C=CCN(C)C(=O)[C@@H]1[C@H]2C(=O)N([C@@H](CC)CO)C(C(=O)N(CC=C)c3c(C)cccc3Cl)C23CC[C@@]1(CC)O3. The van der Waals surface area contributed by atoms with E-state index in [4.69, 9.17) is 16.3 Å². The summed E-state index contributed by atoms with van der Waals surface area (Å²) in [5.41, 5.74) is -0.694. The van der Waals surface area contributed by atoms with E-state index in [2.05, 4.69) is 13.2 Å². The van der Waals surface area contributed by atoms with Gasteiger partial charge in [0, 0.05) is 20.1 Å². The second-order valence-corrected chi connectivity index (χ2v) is 11.4. The maximum absolute atomic E-state index is 14.7. The van der Waals surface area contributed by atoms with E-state index in [0.717, 1.165) is 5.56 Å². The molecule has 0 aliphatic carbocycles. The Kier molecular flexibility index (Phi) is 8.31. The average molecular weight is 558 g/mol. The molecule has 1 aromatic carbocycles. The summed E-state index contributed by atoms with van der Waals surface area (Å²) < 4.78 is 6.86. The van der Waals surface area contributed by atoms with Crippen LogP contribution >= 0.6 is 11.6 Å². The number of rotatable bonds is 11. The van der Waals surface area contributed by atoms with Gasteiger partial charge in [0.2, 0.25) is 11.8 Å². The van der Waals surface area contributed by atoms with Crippen molar-refractivity contribution in [3.8, 4) is 0 Å². The van der Waals surface area contributed by atoms with Gasteiger partial charge in [-0.1, -0.05) is 49.7 Å². The lowest BCUT2D eigenvalue weighted by Gasteiger charge is -2.39. The third-order valence-corrected chi connectivity index (χ3v) is 9.31. The van der Waals surface area contributed by atoms with Crippen molar-refractivity contribution in [1.82, 2.24) is 9.80 Å². The Morgan fingerprint density at radius 1 is 1.23 bits per heavy atom. The summed E-state index contributed by atoms with van der Waals surface area (Å²) in [6.07, 6.45) is 5.27. The number of carbonyl (C=O) groups is 3. The Morgan fingerprint density at radius 2 is 1.92 bits per heavy atom. The van der Waals surface area contributed by atoms with E-state index in [-0.39, 0.29) is 30.9 Å². The zero-order chi connectivity index (χ0) is 28.7. The molecule has 0 saturated carbocycles. The van der Waals surface area contributed by atoms with Crippen molar-refractivity contribution in [2.45, 2.75) is 69.7 Å². The van der Waals surface area contributed by atoms with E-state index in [1.807, 2.05) is 32.9 Å². The predicted molar refractivity (Wildman–Crippen MR) is 151 cm³/mol. The molecule has 3 aliphatic rings. The summed E-state index contributed by atoms with van der Waals surface area (Å²) in [6.45, 7) is 13.5. The smallest absolute Gasteiger partial charge is 0.253 e. The molecule has 3 saturated heterocycles. The van der Waals surface area contributed by atoms with Crippen LogP contribution in [-0.4, -0.2) is 82.7 Å². The summed E-state index contributed by atoms with van der Waals surface area (Å²) in [5, 5.41) is 10.7. The Bertz CT molecular complexity index is 1150. The zero-order valence-electron chi connectivity index (χ0n) is 23.4. The van der Waals surface area contributed by atoms with Crippen molar-refractivity contribution in [2.24, 2.45) is 11.8 Å². The first-order valence-electron chi connectivity index (χ1n) is 13.8. The Hall–Kier alpha value is -2.68. The quantitative estimate of drug-likeness (QED) is 0.419. The number of benzene rings is 1. The number of nitrogens with zero attached hydrogens (tertiary/aromatic N) is 3. The number of anilines is 1. The number of ether oxygens (including phenoxy) is 1. The number of halogens is 1. The topological polar surface area (TPSA) is 90.4 Å². The van der Waals surface area contributed by atoms with Crippen LogP contribution in [0.5, 0.6) is 0 Å². The molecule has 9 heteroatoms. The van der Waals surface area contributed by atoms with Gasteiger partial charge in [0.05, 0.1) is 40.8 Å². The molecule has 2 bridgehead atoms. The Morgan fingerprint density at radius 3 is 2.49 bits per heavy atom. The molecule has 3 heterocycles. The predicted octanol–water partition coefficient (Wildman–Crippen LogP) is 3.74. The highest BCUT2D eigenvalue weighted by atomic mass is 35.5. The first-order valence-corrected chi connectivity index (χ1v) is 14.1. The van der Waals surface area contributed by atoms with Crippen LogP contribution in [0, 0.1) is 18.8 Å². The molecule has 0 aromatic heterocycles. The molecular formula is C30H40ClN3O5. The third kappa shape index (κ3) is 4.32. The number of amides is 3. The van der Waals surface area contributed by atoms with Gasteiger partial charge < -0.3 is 24.5 Å². The number of fused-ring (bicyclic) bond motifs is 1. The lowest BCUT2D eigenvalue weighted by Crippen LogP contribution is -2.59. The van der Waals surface area contributed by atoms with Crippen LogP contribution in [0.3, 0.4) is 0 Å². The average Bonchev–Trinajstić information content (AvgIpc) is 3.52. The fraction of sp³-hybridized carbons (Fsp3) is 0.567. The van der Waals surface area contributed by atoms with E-state index in [1.165, 1.54) is 4.90 Å². The van der Waals surface area contributed by atoms with Crippen molar-refractivity contribution in [1.29, 1.82) is 0 Å². The van der Waals surface area contributed by atoms with Crippen LogP contribution in [0.4, 0.5) is 5.69 Å². The number of carbonyl (C=O) groups excluding carboxylic acids is 3. The highest BCUT2D eigenvalue weighted by molar-refractivity contribution is 6.34. The third-order valence-electron chi connectivity index (χ3n) is 9.01. The number of para-hydroxylation sites is 1. The summed E-state index contributed by atoms with van der Waals surface area (Å²) >= 11 is 6.62. The van der Waals surface area contributed by atoms with Crippen molar-refractivity contribution < 1.29 is 24.2 Å². The Labute approximate surface area is 236 Å². The van der Waals surface area contributed by atoms with Crippen LogP contribution in [0.1, 0.15) is 45.1 Å². The maximum Gasteiger partial charge on any atom is 0.253 e. The molecule has 2 unspecified atom stereocenters. The van der Waals surface area contributed by atoms with Gasteiger partial charge in [-0.2, -0.15) is 0 Å². The van der Waals surface area contributed by atoms with Gasteiger partial charge >= 0.3 is 0 Å². The first-order chi connectivity index (χ1) is 18.6. The van der Waals surface area contributed by atoms with Crippen LogP contribution in [-0.2, 0) is 19.1 Å². The number of hydrogen-bond donors (Lipinski definition) is 1. The van der Waals surface area contributed by atoms with E-state index in [0.29, 0.717) is 42.9 Å². The highest BCUT2D eigenvalue weighted by Crippen LogP contribution is 2.65. The largest absolute Gasteiger partial charge is 0.394 e. The molecule has 1 spiro atoms. The van der Waals surface area contributed by atoms with Gasteiger partial charge in [-0.3, -0.25) is 14.4 Å². The first kappa shape index (κ1) is 29.3. The molecule has 3 aliphatic heterocycles. The van der Waals surface area contributed by atoms with Gasteiger partial charge in [-0.15, -0.1) is 13.2 Å². The van der Waals surface area contributed by atoms with Gasteiger partial charge in [-0.25, -0.2) is 0 Å². The van der Waals surface area contributed by atoms with E-state index < -0.39 is 35.1 Å². The van der Waals surface area contributed by atoms with Crippen molar-refractivity contribution in [3.63, 3.8) is 0 Å². The van der Waals surface area contributed by atoms with E-state index in [9.17, 15) is 19.5 Å². The fourth-order valence-corrected chi connectivity index (χ4v) is 7.50. The standard InChI is InChI=1S/C30H40ClN3O5/c1-7-16-32(6)26(36)22-23-27(37)34(20(9-3)18-35)25(30(23)15-14-29(22,10-4)39-30)28(38)33(17-8-2)24-19(5)12-11-13-21(24)31/h7-8,11-13,20,22-23,25,35H,1-2,9-10,14-18H2,3-6H3/t20-,22-,23-,25?,29+,30?/m0/s1. The number of likely N-dealkylation sites (N-methyl/N-ethyl adjacent to an activating group) is 1. The minimum absolute atomic E-state index is 0.169. The van der Waals surface area contributed by atoms with Crippen LogP contribution < -0.4 is 4.90 Å². The highest BCUT2D eigenvalue weighted by Gasteiger charge is 2.79. The number of aryl methyl sites for hydroxylation is 1. The van der Waals surface area contributed by atoms with Crippen LogP contribution in [0.15, 0.2) is 43.5 Å². The molecule has 3 fully saturated rings. The molecule has 1 N–H and O–H groups in total. The second kappa shape index (κ2) is 11.1. The van der Waals surface area contributed by atoms with Crippen molar-refractivity contribution in [2.75, 3.05) is 31.6 Å². The van der Waals surface area contributed by atoms with Gasteiger partial charge in [0.1, 0.15) is 11.6 Å². The van der Waals surface area contributed by atoms with Crippen LogP contribution in [0.25, 0.3) is 0 Å². The molecule has 39 heavy (non-hydrogen) atoms. The molecule has 3 amide bonds.